The van der Waals surface area contributed by atoms with Gasteiger partial charge in [0.1, 0.15) is 6.61 Å². The Labute approximate surface area is 92.3 Å². The van der Waals surface area contributed by atoms with Crippen molar-refractivity contribution in [1.29, 1.82) is 0 Å². The fraction of sp³-hybridized carbons (Fsp3) is 0.273. The van der Waals surface area contributed by atoms with Gasteiger partial charge in [-0.15, -0.1) is 11.3 Å². The Bertz CT molecular complexity index is 479. The van der Waals surface area contributed by atoms with E-state index in [0.717, 1.165) is 16.0 Å². The van der Waals surface area contributed by atoms with Gasteiger partial charge in [-0.05, 0) is 13.0 Å². The molecule has 0 amide bonds. The predicted molar refractivity (Wildman–Crippen MR) is 62.8 cm³/mol. The minimum Gasteiger partial charge on any atom is -0.390 e. The van der Waals surface area contributed by atoms with Gasteiger partial charge in [0.05, 0.1) is 12.1 Å². The van der Waals surface area contributed by atoms with Crippen LogP contribution in [0.5, 0.6) is 0 Å². The number of fused-ring (bicyclic) bond motifs is 1. The maximum absolute atomic E-state index is 5.93. The Hall–Kier alpha value is -1.10. The van der Waals surface area contributed by atoms with E-state index < -0.39 is 0 Å². The van der Waals surface area contributed by atoms with Crippen LogP contribution in [-0.2, 0) is 16.4 Å². The molecule has 0 spiro atoms. The number of hydrogen-bond donors (Lipinski definition) is 1. The average Bonchev–Trinajstić information content (AvgIpc) is 2.51. The van der Waals surface area contributed by atoms with E-state index in [2.05, 4.69) is 30.0 Å². The summed E-state index contributed by atoms with van der Waals surface area (Å²) in [5, 5.41) is 1.96. The Morgan fingerprint density at radius 2 is 2.20 bits per heavy atom. The summed E-state index contributed by atoms with van der Waals surface area (Å²) in [7, 11) is 1.50. The number of nitrogens with two attached hydrogens (primary N) is 1. The number of hydrogen-bond acceptors (Lipinski definition) is 4. The van der Waals surface area contributed by atoms with E-state index in [4.69, 9.17) is 10.6 Å². The molecular weight excluding hydrogens is 210 g/mol. The van der Waals surface area contributed by atoms with Crippen molar-refractivity contribution in [3.8, 4) is 0 Å². The Kier molecular flexibility index (Phi) is 2.90. The highest BCUT2D eigenvalue weighted by Gasteiger charge is 2.09. The fourth-order valence-corrected chi connectivity index (χ4v) is 2.51. The summed E-state index contributed by atoms with van der Waals surface area (Å²) in [5.74, 6) is 0. The zero-order chi connectivity index (χ0) is 10.8. The summed E-state index contributed by atoms with van der Waals surface area (Å²) >= 11 is 1.58. The fourth-order valence-electron chi connectivity index (χ4n) is 1.55. The predicted octanol–water partition coefficient (Wildman–Crippen LogP) is 2.87. The van der Waals surface area contributed by atoms with E-state index in [9.17, 15) is 0 Å². The lowest BCUT2D eigenvalue weighted by Crippen LogP contribution is -1.94. The molecule has 2 N–H and O–H groups in total. The van der Waals surface area contributed by atoms with Crippen LogP contribution in [0.4, 0.5) is 5.00 Å². The molecule has 1 aromatic heterocycles. The number of rotatable bonds is 3. The molecule has 0 saturated heterocycles. The van der Waals surface area contributed by atoms with Crippen LogP contribution in [0.2, 0.25) is 0 Å². The summed E-state index contributed by atoms with van der Waals surface area (Å²) in [6.07, 6.45) is 0. The number of aryl methyl sites for hydroxylation is 1. The molecule has 0 fully saturated rings. The van der Waals surface area contributed by atoms with Gasteiger partial charge in [-0.1, -0.05) is 17.7 Å². The van der Waals surface area contributed by atoms with Gasteiger partial charge in [-0.3, -0.25) is 0 Å². The molecule has 0 aliphatic rings. The van der Waals surface area contributed by atoms with Gasteiger partial charge in [0.2, 0.25) is 0 Å². The molecule has 80 valence electrons. The zero-order valence-corrected chi connectivity index (χ0v) is 9.56. The first-order valence-corrected chi connectivity index (χ1v) is 5.47. The van der Waals surface area contributed by atoms with Gasteiger partial charge in [0.25, 0.3) is 0 Å². The number of anilines is 1. The lowest BCUT2D eigenvalue weighted by Gasteiger charge is -2.01. The first-order chi connectivity index (χ1) is 7.22. The van der Waals surface area contributed by atoms with Gasteiger partial charge in [-0.2, -0.15) is 0 Å². The normalized spacial score (nSPS) is 11.1. The maximum Gasteiger partial charge on any atom is 0.111 e. The summed E-state index contributed by atoms with van der Waals surface area (Å²) < 4.78 is 1.19. The third-order valence-electron chi connectivity index (χ3n) is 2.30. The van der Waals surface area contributed by atoms with Crippen LogP contribution < -0.4 is 5.73 Å². The summed E-state index contributed by atoms with van der Waals surface area (Å²) in [4.78, 5) is 9.53. The van der Waals surface area contributed by atoms with Crippen LogP contribution in [0, 0.1) is 6.92 Å². The minimum absolute atomic E-state index is 0.395. The number of thiophene rings is 1. The summed E-state index contributed by atoms with van der Waals surface area (Å²) in [6, 6.07) is 6.29. The van der Waals surface area contributed by atoms with Gasteiger partial charge >= 0.3 is 0 Å². The second-order valence-corrected chi connectivity index (χ2v) is 4.46. The highest BCUT2D eigenvalue weighted by molar-refractivity contribution is 7.22. The van der Waals surface area contributed by atoms with E-state index in [1.165, 1.54) is 17.4 Å². The summed E-state index contributed by atoms with van der Waals surface area (Å²) in [5.41, 5.74) is 8.16. The van der Waals surface area contributed by atoms with E-state index in [1.54, 1.807) is 11.3 Å². The van der Waals surface area contributed by atoms with Crippen LogP contribution >= 0.6 is 11.3 Å². The highest BCUT2D eigenvalue weighted by atomic mass is 32.1. The minimum atomic E-state index is 0.395. The largest absolute Gasteiger partial charge is 0.390 e. The second-order valence-electron chi connectivity index (χ2n) is 3.37. The number of benzene rings is 1. The molecule has 4 heteroatoms. The Balaban J connectivity index is 2.50. The lowest BCUT2D eigenvalue weighted by molar-refractivity contribution is -0.281. The molecule has 3 nitrogen and oxygen atoms in total. The molecule has 2 aromatic rings. The van der Waals surface area contributed by atoms with E-state index in [1.807, 2.05) is 0 Å². The smallest absolute Gasteiger partial charge is 0.111 e. The van der Waals surface area contributed by atoms with E-state index >= 15 is 0 Å². The van der Waals surface area contributed by atoms with Crippen molar-refractivity contribution in [2.24, 2.45) is 0 Å². The van der Waals surface area contributed by atoms with Crippen LogP contribution in [0.3, 0.4) is 0 Å². The molecule has 2 rings (SSSR count). The van der Waals surface area contributed by atoms with Crippen molar-refractivity contribution in [2.75, 3.05) is 12.8 Å². The molecule has 1 aromatic carbocycles. The van der Waals surface area contributed by atoms with Crippen LogP contribution in [0.1, 0.15) is 11.1 Å². The first-order valence-electron chi connectivity index (χ1n) is 4.65. The maximum atomic E-state index is 5.93. The zero-order valence-electron chi connectivity index (χ0n) is 8.74. The number of nitrogen functional groups attached to an aromatic ring is 1. The first kappa shape index (κ1) is 10.4. The monoisotopic (exact) mass is 223 g/mol. The lowest BCUT2D eigenvalue weighted by atomic mass is 10.1. The van der Waals surface area contributed by atoms with Crippen molar-refractivity contribution in [2.45, 2.75) is 13.5 Å². The molecule has 0 unspecified atom stereocenters. The third-order valence-corrected chi connectivity index (χ3v) is 3.34. The molecule has 0 aliphatic heterocycles. The quantitative estimate of drug-likeness (QED) is 0.642. The molecule has 0 bridgehead atoms. The van der Waals surface area contributed by atoms with Gasteiger partial charge in [0, 0.05) is 15.6 Å². The molecule has 0 atom stereocenters. The van der Waals surface area contributed by atoms with Crippen molar-refractivity contribution in [3.05, 3.63) is 29.3 Å². The van der Waals surface area contributed by atoms with E-state index in [0.29, 0.717) is 6.61 Å². The van der Waals surface area contributed by atoms with Crippen LogP contribution in [-0.4, -0.2) is 7.11 Å². The van der Waals surface area contributed by atoms with Gasteiger partial charge in [-0.25, -0.2) is 9.78 Å². The molecule has 0 saturated carbocycles. The Morgan fingerprint density at radius 1 is 1.40 bits per heavy atom. The standard InChI is InChI=1S/C11H13NO2S/c1-7-3-4-10-8(5-7)9(6-14-13-2)11(12)15-10/h3-5H,6,12H2,1-2H3. The van der Waals surface area contributed by atoms with Gasteiger partial charge in [0.15, 0.2) is 0 Å². The van der Waals surface area contributed by atoms with Crippen molar-refractivity contribution in [1.82, 2.24) is 0 Å². The SMILES string of the molecule is COOCc1c(N)sc2ccc(C)cc12. The molecule has 15 heavy (non-hydrogen) atoms. The summed E-state index contributed by atoms with van der Waals surface area (Å²) in [6.45, 7) is 2.46. The topological polar surface area (TPSA) is 44.5 Å². The van der Waals surface area contributed by atoms with Crippen molar-refractivity contribution in [3.63, 3.8) is 0 Å². The van der Waals surface area contributed by atoms with E-state index in [-0.39, 0.29) is 0 Å². The van der Waals surface area contributed by atoms with Crippen molar-refractivity contribution >= 4 is 26.4 Å². The molecule has 0 radical (unpaired) electrons. The van der Waals surface area contributed by atoms with Crippen molar-refractivity contribution < 1.29 is 9.78 Å². The molecular formula is C11H13NO2S. The highest BCUT2D eigenvalue weighted by Crippen LogP contribution is 2.34. The Morgan fingerprint density at radius 3 is 2.93 bits per heavy atom. The third kappa shape index (κ3) is 1.97. The second kappa shape index (κ2) is 4.18. The van der Waals surface area contributed by atoms with Crippen LogP contribution in [0.25, 0.3) is 10.1 Å². The average molecular weight is 223 g/mol. The van der Waals surface area contributed by atoms with Crippen LogP contribution in [0.15, 0.2) is 18.2 Å². The van der Waals surface area contributed by atoms with Gasteiger partial charge < -0.3 is 5.73 Å². The molecule has 0 aliphatic carbocycles. The molecule has 1 heterocycles.